The fraction of sp³-hybridized carbons (Fsp3) is 0.600. The Balaban J connectivity index is 1.64. The summed E-state index contributed by atoms with van der Waals surface area (Å²) in [4.78, 5) is 4.10. The summed E-state index contributed by atoms with van der Waals surface area (Å²) < 4.78 is 8.17. The predicted octanol–water partition coefficient (Wildman–Crippen LogP) is 4.61. The predicted molar refractivity (Wildman–Crippen MR) is 92.5 cm³/mol. The smallest absolute Gasteiger partial charge is 0.0885 e. The molecule has 0 aromatic carbocycles. The van der Waals surface area contributed by atoms with Gasteiger partial charge in [0, 0.05) is 23.4 Å². The summed E-state index contributed by atoms with van der Waals surface area (Å²) in [6, 6.07) is 0. The van der Waals surface area contributed by atoms with Gasteiger partial charge in [-0.3, -0.25) is 4.90 Å². The lowest BCUT2D eigenvalue weighted by molar-refractivity contribution is 0.0375. The van der Waals surface area contributed by atoms with Crippen LogP contribution in [0.15, 0.2) is 3.79 Å². The molecule has 1 aliphatic heterocycles. The third kappa shape index (κ3) is 2.97. The number of morpholine rings is 1. The van der Waals surface area contributed by atoms with Gasteiger partial charge in [0.2, 0.25) is 0 Å². The maximum atomic E-state index is 5.39. The lowest BCUT2D eigenvalue weighted by Crippen LogP contribution is -2.36. The molecule has 0 aliphatic carbocycles. The molecular formula is C15H20BrNOS2. The molecule has 0 radical (unpaired) electrons. The Labute approximate surface area is 136 Å². The fourth-order valence-corrected chi connectivity index (χ4v) is 6.50. The van der Waals surface area contributed by atoms with Crippen LogP contribution in [0, 0.1) is 13.8 Å². The molecule has 1 aliphatic rings. The van der Waals surface area contributed by atoms with Gasteiger partial charge in [-0.2, -0.15) is 0 Å². The molecule has 1 saturated heterocycles. The second kappa shape index (κ2) is 6.44. The number of nitrogens with zero attached hydrogens (tertiary/aromatic N) is 1. The number of ether oxygens (including phenoxy) is 1. The molecule has 0 N–H and O–H groups in total. The summed E-state index contributed by atoms with van der Waals surface area (Å²) in [6.45, 7) is 9.73. The van der Waals surface area contributed by atoms with Gasteiger partial charge >= 0.3 is 0 Å². The van der Waals surface area contributed by atoms with E-state index in [1.165, 1.54) is 43.7 Å². The van der Waals surface area contributed by atoms with E-state index in [0.717, 1.165) is 26.3 Å². The van der Waals surface area contributed by atoms with Gasteiger partial charge in [-0.15, -0.1) is 22.7 Å². The van der Waals surface area contributed by atoms with Crippen LogP contribution in [0.3, 0.4) is 0 Å². The molecule has 20 heavy (non-hydrogen) atoms. The molecule has 2 nitrogen and oxygen atoms in total. The second-order valence-electron chi connectivity index (χ2n) is 5.37. The van der Waals surface area contributed by atoms with Crippen molar-refractivity contribution in [2.75, 3.05) is 32.8 Å². The summed E-state index contributed by atoms with van der Waals surface area (Å²) >= 11 is 7.53. The molecule has 1 fully saturated rings. The molecular weight excluding hydrogens is 354 g/mol. The van der Waals surface area contributed by atoms with Crippen molar-refractivity contribution in [2.45, 2.75) is 26.7 Å². The molecule has 2 aromatic rings. The summed E-state index contributed by atoms with van der Waals surface area (Å²) in [5, 5.41) is 1.49. The maximum Gasteiger partial charge on any atom is 0.0885 e. The van der Waals surface area contributed by atoms with E-state index in [-0.39, 0.29) is 0 Å². The van der Waals surface area contributed by atoms with Crippen LogP contribution in [0.2, 0.25) is 0 Å². The van der Waals surface area contributed by atoms with E-state index in [2.05, 4.69) is 34.7 Å². The van der Waals surface area contributed by atoms with Gasteiger partial charge in [0.05, 0.1) is 21.0 Å². The molecule has 0 atom stereocenters. The van der Waals surface area contributed by atoms with Crippen molar-refractivity contribution in [1.82, 2.24) is 4.90 Å². The Morgan fingerprint density at radius 2 is 1.90 bits per heavy atom. The van der Waals surface area contributed by atoms with Crippen LogP contribution in [0.1, 0.15) is 22.4 Å². The number of hydrogen-bond acceptors (Lipinski definition) is 4. The molecule has 0 bridgehead atoms. The molecule has 3 rings (SSSR count). The minimum absolute atomic E-state index is 0.904. The molecule has 0 amide bonds. The lowest BCUT2D eigenvalue weighted by Gasteiger charge is -2.26. The first kappa shape index (κ1) is 15.0. The number of thiophene rings is 2. The molecule has 0 saturated carbocycles. The first-order valence-corrected chi connectivity index (χ1v) is 9.56. The standard InChI is InChI=1S/C15H20BrNOS2/c1-10-12(4-3-5-17-6-8-18-9-7-17)19-15-13(10)11(2)14(16)20-15/h3-9H2,1-2H3. The maximum absolute atomic E-state index is 5.39. The summed E-state index contributed by atoms with van der Waals surface area (Å²) in [6.07, 6.45) is 2.47. The van der Waals surface area contributed by atoms with Crippen molar-refractivity contribution in [2.24, 2.45) is 0 Å². The van der Waals surface area contributed by atoms with Crippen molar-refractivity contribution in [3.05, 3.63) is 19.8 Å². The van der Waals surface area contributed by atoms with Gasteiger partial charge in [0.15, 0.2) is 0 Å². The molecule has 3 heterocycles. The summed E-state index contributed by atoms with van der Waals surface area (Å²) in [7, 11) is 0. The van der Waals surface area contributed by atoms with Crippen molar-refractivity contribution >= 4 is 48.0 Å². The van der Waals surface area contributed by atoms with E-state index in [9.17, 15) is 0 Å². The van der Waals surface area contributed by atoms with Gasteiger partial charge < -0.3 is 4.74 Å². The minimum Gasteiger partial charge on any atom is -0.379 e. The Morgan fingerprint density at radius 3 is 2.60 bits per heavy atom. The van der Waals surface area contributed by atoms with E-state index in [1.54, 1.807) is 4.88 Å². The fourth-order valence-electron chi connectivity index (χ4n) is 2.82. The monoisotopic (exact) mass is 373 g/mol. The molecule has 0 spiro atoms. The van der Waals surface area contributed by atoms with Crippen molar-refractivity contribution < 1.29 is 4.74 Å². The molecule has 110 valence electrons. The zero-order valence-electron chi connectivity index (χ0n) is 12.0. The van der Waals surface area contributed by atoms with Crippen molar-refractivity contribution in [1.29, 1.82) is 0 Å². The average Bonchev–Trinajstić information content (AvgIpc) is 2.90. The number of aryl methyl sites for hydroxylation is 3. The number of hydrogen-bond donors (Lipinski definition) is 0. The van der Waals surface area contributed by atoms with Gasteiger partial charge in [-0.05, 0) is 60.3 Å². The highest BCUT2D eigenvalue weighted by Crippen LogP contribution is 2.43. The number of rotatable bonds is 4. The normalized spacial score (nSPS) is 17.1. The Morgan fingerprint density at radius 1 is 1.15 bits per heavy atom. The lowest BCUT2D eigenvalue weighted by atomic mass is 10.1. The van der Waals surface area contributed by atoms with Gasteiger partial charge in [-0.25, -0.2) is 0 Å². The van der Waals surface area contributed by atoms with E-state index in [1.807, 2.05) is 22.7 Å². The van der Waals surface area contributed by atoms with Gasteiger partial charge in [0.1, 0.15) is 0 Å². The van der Waals surface area contributed by atoms with Crippen LogP contribution in [-0.2, 0) is 11.2 Å². The van der Waals surface area contributed by atoms with Crippen LogP contribution >= 0.6 is 38.6 Å². The first-order chi connectivity index (χ1) is 9.66. The first-order valence-electron chi connectivity index (χ1n) is 7.14. The van der Waals surface area contributed by atoms with Crippen LogP contribution in [-0.4, -0.2) is 37.7 Å². The Hall–Kier alpha value is 0.0600. The van der Waals surface area contributed by atoms with Crippen LogP contribution < -0.4 is 0 Å². The quantitative estimate of drug-likeness (QED) is 0.775. The molecule has 0 unspecified atom stereocenters. The minimum atomic E-state index is 0.904. The van der Waals surface area contributed by atoms with Gasteiger partial charge in [-0.1, -0.05) is 0 Å². The van der Waals surface area contributed by atoms with Gasteiger partial charge in [0.25, 0.3) is 0 Å². The third-order valence-corrected chi connectivity index (χ3v) is 7.65. The second-order valence-corrected chi connectivity index (χ2v) is 9.07. The van der Waals surface area contributed by atoms with E-state index < -0.39 is 0 Å². The zero-order chi connectivity index (χ0) is 14.1. The van der Waals surface area contributed by atoms with E-state index in [0.29, 0.717) is 0 Å². The number of fused-ring (bicyclic) bond motifs is 1. The summed E-state index contributed by atoms with van der Waals surface area (Å²) in [5.41, 5.74) is 2.92. The topological polar surface area (TPSA) is 12.5 Å². The average molecular weight is 374 g/mol. The highest BCUT2D eigenvalue weighted by atomic mass is 79.9. The highest BCUT2D eigenvalue weighted by Gasteiger charge is 2.16. The molecule has 5 heteroatoms. The van der Waals surface area contributed by atoms with Crippen LogP contribution in [0.25, 0.3) is 9.40 Å². The SMILES string of the molecule is Cc1c(Br)sc2sc(CCCN3CCOCC3)c(C)c12. The van der Waals surface area contributed by atoms with Crippen LogP contribution in [0.4, 0.5) is 0 Å². The van der Waals surface area contributed by atoms with E-state index >= 15 is 0 Å². The van der Waals surface area contributed by atoms with E-state index in [4.69, 9.17) is 4.74 Å². The third-order valence-electron chi connectivity index (χ3n) is 4.05. The summed E-state index contributed by atoms with van der Waals surface area (Å²) in [5.74, 6) is 0. The highest BCUT2D eigenvalue weighted by molar-refractivity contribution is 9.11. The van der Waals surface area contributed by atoms with Crippen molar-refractivity contribution in [3.8, 4) is 0 Å². The Kier molecular flexibility index (Phi) is 4.82. The largest absolute Gasteiger partial charge is 0.379 e. The molecule has 2 aromatic heterocycles. The van der Waals surface area contributed by atoms with Crippen LogP contribution in [0.5, 0.6) is 0 Å². The Bertz CT molecular complexity index is 599. The zero-order valence-corrected chi connectivity index (χ0v) is 15.2. The van der Waals surface area contributed by atoms with Crippen molar-refractivity contribution in [3.63, 3.8) is 0 Å². The number of halogens is 1.